The van der Waals surface area contributed by atoms with E-state index in [1.807, 2.05) is 12.1 Å². The second-order valence-electron chi connectivity index (χ2n) is 12.6. The van der Waals surface area contributed by atoms with Gasteiger partial charge in [-0.3, -0.25) is 14.0 Å². The van der Waals surface area contributed by atoms with E-state index in [9.17, 15) is 26.4 Å². The lowest BCUT2D eigenvalue weighted by Crippen LogP contribution is -2.46. The van der Waals surface area contributed by atoms with Crippen molar-refractivity contribution in [2.24, 2.45) is 0 Å². The van der Waals surface area contributed by atoms with Crippen LogP contribution in [-0.4, -0.2) is 44.0 Å². The highest BCUT2D eigenvalue weighted by atomic mass is 32.2. The molecular formula is C34H36F3N3O4S. The molecule has 3 aromatic carbocycles. The lowest BCUT2D eigenvalue weighted by molar-refractivity contribution is -0.137. The topological polar surface area (TPSA) is 79.0 Å². The summed E-state index contributed by atoms with van der Waals surface area (Å²) < 4.78 is 75.6. The Labute approximate surface area is 261 Å². The van der Waals surface area contributed by atoms with Gasteiger partial charge in [-0.1, -0.05) is 36.4 Å². The van der Waals surface area contributed by atoms with E-state index in [1.165, 1.54) is 37.3 Å². The minimum atomic E-state index is -4.70. The SMILES string of the molecule is O=C(C[C@@H]1CCc2ccccc2N1S(=O)(=O)c1cccc(C(F)(F)F)c1)N[C@@H]1CCOc2cc(CN3C4CCC3CC4)ccc21. The van der Waals surface area contributed by atoms with E-state index in [1.54, 1.807) is 18.2 Å². The molecule has 0 saturated carbocycles. The van der Waals surface area contributed by atoms with Gasteiger partial charge in [0.15, 0.2) is 0 Å². The smallest absolute Gasteiger partial charge is 0.416 e. The van der Waals surface area contributed by atoms with Gasteiger partial charge < -0.3 is 10.1 Å². The first-order chi connectivity index (χ1) is 21.6. The van der Waals surface area contributed by atoms with Gasteiger partial charge in [0.05, 0.1) is 34.8 Å². The fourth-order valence-electron chi connectivity index (χ4n) is 7.67. The maximum atomic E-state index is 14.0. The molecule has 7 nitrogen and oxygen atoms in total. The number of hydrogen-bond donors (Lipinski definition) is 1. The average Bonchev–Trinajstić information content (AvgIpc) is 3.59. The first kappa shape index (κ1) is 30.1. The minimum Gasteiger partial charge on any atom is -0.493 e. The molecule has 2 saturated heterocycles. The highest BCUT2D eigenvalue weighted by molar-refractivity contribution is 7.92. The van der Waals surface area contributed by atoms with E-state index in [0.717, 1.165) is 39.9 Å². The normalized spacial score (nSPS) is 24.6. The molecule has 0 radical (unpaired) electrons. The van der Waals surface area contributed by atoms with Crippen LogP contribution in [0.25, 0.3) is 0 Å². The Kier molecular flexibility index (Phi) is 7.80. The van der Waals surface area contributed by atoms with Gasteiger partial charge in [-0.15, -0.1) is 0 Å². The fourth-order valence-corrected chi connectivity index (χ4v) is 9.43. The van der Waals surface area contributed by atoms with E-state index in [0.29, 0.717) is 49.7 Å². The molecule has 0 aromatic heterocycles. The summed E-state index contributed by atoms with van der Waals surface area (Å²) in [5.74, 6) is 0.440. The summed E-state index contributed by atoms with van der Waals surface area (Å²) in [5.41, 5.74) is 2.19. The van der Waals surface area contributed by atoms with Crippen LogP contribution in [0.1, 0.15) is 73.2 Å². The number of rotatable bonds is 7. The Bertz CT molecular complexity index is 1690. The molecule has 4 heterocycles. The van der Waals surface area contributed by atoms with Crippen molar-refractivity contribution in [2.75, 3.05) is 10.9 Å². The molecule has 11 heteroatoms. The Morgan fingerprint density at radius 2 is 1.67 bits per heavy atom. The second-order valence-corrected chi connectivity index (χ2v) is 14.4. The summed E-state index contributed by atoms with van der Waals surface area (Å²) in [6.45, 7) is 1.34. The Balaban J connectivity index is 1.10. The van der Waals surface area contributed by atoms with Crippen LogP contribution in [-0.2, 0) is 34.0 Å². The van der Waals surface area contributed by atoms with E-state index in [4.69, 9.17) is 4.74 Å². The number of nitrogens with one attached hydrogen (secondary N) is 1. The third kappa shape index (κ3) is 5.80. The quantitative estimate of drug-likeness (QED) is 0.325. The first-order valence-electron chi connectivity index (χ1n) is 15.7. The number of alkyl halides is 3. The molecule has 1 amide bonds. The number of para-hydroxylation sites is 1. The van der Waals surface area contributed by atoms with Crippen molar-refractivity contribution in [3.63, 3.8) is 0 Å². The Morgan fingerprint density at radius 3 is 2.42 bits per heavy atom. The van der Waals surface area contributed by atoms with Crippen molar-refractivity contribution in [2.45, 2.75) is 93.2 Å². The van der Waals surface area contributed by atoms with Crippen LogP contribution in [0.2, 0.25) is 0 Å². The van der Waals surface area contributed by atoms with Crippen LogP contribution in [0.3, 0.4) is 0 Å². The molecule has 4 aliphatic heterocycles. The third-order valence-electron chi connectivity index (χ3n) is 9.87. The van der Waals surface area contributed by atoms with Crippen LogP contribution in [0.4, 0.5) is 18.9 Å². The van der Waals surface area contributed by atoms with E-state index < -0.39 is 32.7 Å². The molecule has 2 bridgehead atoms. The van der Waals surface area contributed by atoms with Crippen LogP contribution in [0, 0.1) is 0 Å². The largest absolute Gasteiger partial charge is 0.493 e. The molecule has 238 valence electrons. The number of ether oxygens (including phenoxy) is 1. The number of hydrogen-bond acceptors (Lipinski definition) is 5. The summed E-state index contributed by atoms with van der Waals surface area (Å²) in [7, 11) is -4.42. The molecule has 7 rings (SSSR count). The van der Waals surface area contributed by atoms with Gasteiger partial charge in [0.2, 0.25) is 5.91 Å². The number of carbonyl (C=O) groups excluding carboxylic acids is 1. The van der Waals surface area contributed by atoms with Crippen LogP contribution < -0.4 is 14.4 Å². The van der Waals surface area contributed by atoms with Gasteiger partial charge >= 0.3 is 6.18 Å². The first-order valence-corrected chi connectivity index (χ1v) is 17.1. The zero-order valence-electron chi connectivity index (χ0n) is 24.8. The minimum absolute atomic E-state index is 0.130. The zero-order valence-corrected chi connectivity index (χ0v) is 25.6. The Hall–Kier alpha value is -3.57. The Morgan fingerprint density at radius 1 is 0.911 bits per heavy atom. The van der Waals surface area contributed by atoms with E-state index >= 15 is 0 Å². The standard InChI is InChI=1S/C34H36F3N3O4S/c35-34(36,37)24-5-3-6-28(19-24)45(42,43)40-27(10-9-23-4-1-2-7-31(23)40)20-33(41)38-30-16-17-44-32-18-22(8-15-29(30)32)21-39-25-11-12-26(39)14-13-25/h1-8,15,18-19,25-27,30H,9-14,16-17,20-21H2,(H,38,41)/t25?,26?,27-,30+/m0/s1. The van der Waals surface area contributed by atoms with Gasteiger partial charge in [-0.25, -0.2) is 8.42 Å². The summed E-state index contributed by atoms with van der Waals surface area (Å²) in [6, 6.07) is 17.2. The molecule has 2 fully saturated rings. The van der Waals surface area contributed by atoms with Crippen LogP contribution >= 0.6 is 0 Å². The lowest BCUT2D eigenvalue weighted by atomic mass is 9.95. The monoisotopic (exact) mass is 639 g/mol. The van der Waals surface area contributed by atoms with Crippen LogP contribution in [0.15, 0.2) is 71.6 Å². The number of carbonyl (C=O) groups is 1. The summed E-state index contributed by atoms with van der Waals surface area (Å²) in [6.07, 6.45) is 1.73. The summed E-state index contributed by atoms with van der Waals surface area (Å²) in [5, 5.41) is 3.10. The molecule has 3 aromatic rings. The van der Waals surface area contributed by atoms with Crippen molar-refractivity contribution in [1.29, 1.82) is 0 Å². The van der Waals surface area contributed by atoms with Gasteiger partial charge in [0.1, 0.15) is 5.75 Å². The van der Waals surface area contributed by atoms with Gasteiger partial charge in [0.25, 0.3) is 10.0 Å². The molecule has 2 atom stereocenters. The van der Waals surface area contributed by atoms with Gasteiger partial charge in [0, 0.05) is 37.0 Å². The maximum absolute atomic E-state index is 14.0. The molecule has 0 spiro atoms. The van der Waals surface area contributed by atoms with E-state index in [-0.39, 0.29) is 18.4 Å². The van der Waals surface area contributed by atoms with Crippen molar-refractivity contribution in [3.05, 3.63) is 89.0 Å². The van der Waals surface area contributed by atoms with Crippen LogP contribution in [0.5, 0.6) is 5.75 Å². The van der Waals surface area contributed by atoms with E-state index in [2.05, 4.69) is 22.3 Å². The van der Waals surface area contributed by atoms with Gasteiger partial charge in [-0.2, -0.15) is 13.2 Å². The summed E-state index contributed by atoms with van der Waals surface area (Å²) in [4.78, 5) is 15.7. The molecule has 1 N–H and O–H groups in total. The average molecular weight is 640 g/mol. The molecular weight excluding hydrogens is 603 g/mol. The number of aryl methyl sites for hydroxylation is 1. The van der Waals surface area contributed by atoms with Crippen molar-refractivity contribution >= 4 is 21.6 Å². The molecule has 45 heavy (non-hydrogen) atoms. The predicted octanol–water partition coefficient (Wildman–Crippen LogP) is 6.37. The third-order valence-corrected chi connectivity index (χ3v) is 11.7. The lowest BCUT2D eigenvalue weighted by Gasteiger charge is -2.38. The number of fused-ring (bicyclic) bond motifs is 4. The zero-order chi connectivity index (χ0) is 31.3. The van der Waals surface area contributed by atoms with Crippen molar-refractivity contribution in [1.82, 2.24) is 10.2 Å². The number of amides is 1. The molecule has 0 unspecified atom stereocenters. The highest BCUT2D eigenvalue weighted by Crippen LogP contribution is 2.41. The van der Waals surface area contributed by atoms with Crippen molar-refractivity contribution in [3.8, 4) is 5.75 Å². The number of nitrogens with zero attached hydrogens (tertiary/aromatic N) is 2. The number of benzene rings is 3. The number of sulfonamides is 1. The van der Waals surface area contributed by atoms with Gasteiger partial charge in [-0.05, 0) is 80.0 Å². The summed E-state index contributed by atoms with van der Waals surface area (Å²) >= 11 is 0. The second kappa shape index (κ2) is 11.7. The molecule has 4 aliphatic rings. The molecule has 0 aliphatic carbocycles. The maximum Gasteiger partial charge on any atom is 0.416 e. The van der Waals surface area contributed by atoms with Crippen molar-refractivity contribution < 1.29 is 31.1 Å². The fraction of sp³-hybridized carbons (Fsp3) is 0.441. The predicted molar refractivity (Wildman–Crippen MR) is 163 cm³/mol. The highest BCUT2D eigenvalue weighted by Gasteiger charge is 2.40. The number of anilines is 1. The number of halogens is 3.